The number of anilines is 1. The van der Waals surface area contributed by atoms with Gasteiger partial charge in [-0.2, -0.15) is 0 Å². The molecule has 0 radical (unpaired) electrons. The standard InChI is InChI=1S/C14H17N3O2S/c1-3-4-8-5-9(8)17-12-10-7(2)11(14(18)19)20-13(10)16-6-15-12/h6,8-9H,3-5H2,1-2H3,(H,18,19)(H,15,16,17). The van der Waals surface area contributed by atoms with Gasteiger partial charge in [0.25, 0.3) is 0 Å². The third-order valence-corrected chi connectivity index (χ3v) is 5.01. The first-order valence-electron chi connectivity index (χ1n) is 6.85. The fourth-order valence-electron chi connectivity index (χ4n) is 2.67. The number of aromatic nitrogens is 2. The van der Waals surface area contributed by atoms with Crippen LogP contribution in [0.25, 0.3) is 10.2 Å². The molecule has 1 saturated carbocycles. The first kappa shape index (κ1) is 13.3. The Morgan fingerprint density at radius 2 is 2.35 bits per heavy atom. The number of carboxylic acids is 1. The van der Waals surface area contributed by atoms with Crippen LogP contribution in [-0.4, -0.2) is 27.1 Å². The highest BCUT2D eigenvalue weighted by molar-refractivity contribution is 7.20. The number of rotatable bonds is 5. The molecule has 2 aromatic rings. The third-order valence-electron chi connectivity index (χ3n) is 3.83. The molecular weight excluding hydrogens is 274 g/mol. The Bertz CT molecular complexity index is 668. The van der Waals surface area contributed by atoms with E-state index in [0.29, 0.717) is 10.9 Å². The summed E-state index contributed by atoms with van der Waals surface area (Å²) < 4.78 is 0. The van der Waals surface area contributed by atoms with Gasteiger partial charge in [-0.1, -0.05) is 13.3 Å². The number of hydrogen-bond acceptors (Lipinski definition) is 5. The van der Waals surface area contributed by atoms with Crippen LogP contribution in [0.1, 0.15) is 41.4 Å². The molecule has 0 aromatic carbocycles. The molecule has 0 saturated heterocycles. The van der Waals surface area contributed by atoms with Crippen molar-refractivity contribution in [3.63, 3.8) is 0 Å². The van der Waals surface area contributed by atoms with Crippen LogP contribution in [0.5, 0.6) is 0 Å². The molecule has 2 aromatic heterocycles. The number of carboxylic acid groups (broad SMARTS) is 1. The molecule has 2 N–H and O–H groups in total. The van der Waals surface area contributed by atoms with Gasteiger partial charge < -0.3 is 10.4 Å². The summed E-state index contributed by atoms with van der Waals surface area (Å²) in [6.07, 6.45) is 5.11. The summed E-state index contributed by atoms with van der Waals surface area (Å²) in [4.78, 5) is 20.8. The van der Waals surface area contributed by atoms with Crippen molar-refractivity contribution in [3.8, 4) is 0 Å². The highest BCUT2D eigenvalue weighted by Gasteiger charge is 2.36. The number of fused-ring (bicyclic) bond motifs is 1. The van der Waals surface area contributed by atoms with Crippen LogP contribution in [0.3, 0.4) is 0 Å². The van der Waals surface area contributed by atoms with Crippen molar-refractivity contribution in [2.75, 3.05) is 5.32 Å². The molecule has 0 bridgehead atoms. The quantitative estimate of drug-likeness (QED) is 0.884. The number of thiophene rings is 1. The van der Waals surface area contributed by atoms with Crippen LogP contribution >= 0.6 is 11.3 Å². The van der Waals surface area contributed by atoms with Gasteiger partial charge in [0.15, 0.2) is 0 Å². The van der Waals surface area contributed by atoms with E-state index < -0.39 is 5.97 Å². The smallest absolute Gasteiger partial charge is 0.346 e. The first-order valence-corrected chi connectivity index (χ1v) is 7.67. The van der Waals surface area contributed by atoms with Crippen molar-refractivity contribution >= 4 is 33.3 Å². The van der Waals surface area contributed by atoms with Crippen LogP contribution in [-0.2, 0) is 0 Å². The van der Waals surface area contributed by atoms with E-state index in [1.807, 2.05) is 6.92 Å². The number of nitrogens with one attached hydrogen (secondary N) is 1. The Morgan fingerprint density at radius 3 is 3.05 bits per heavy atom. The van der Waals surface area contributed by atoms with Crippen molar-refractivity contribution in [3.05, 3.63) is 16.8 Å². The predicted molar refractivity (Wildman–Crippen MR) is 79.5 cm³/mol. The minimum Gasteiger partial charge on any atom is -0.477 e. The molecule has 3 rings (SSSR count). The molecule has 2 unspecified atom stereocenters. The van der Waals surface area contributed by atoms with Crippen LogP contribution in [0, 0.1) is 12.8 Å². The van der Waals surface area contributed by atoms with Crippen molar-refractivity contribution in [2.24, 2.45) is 5.92 Å². The van der Waals surface area contributed by atoms with E-state index in [0.717, 1.165) is 27.5 Å². The minimum absolute atomic E-state index is 0.351. The maximum atomic E-state index is 11.2. The molecule has 106 valence electrons. The van der Waals surface area contributed by atoms with Crippen molar-refractivity contribution in [1.29, 1.82) is 0 Å². The summed E-state index contributed by atoms with van der Waals surface area (Å²) in [5.74, 6) is 0.606. The highest BCUT2D eigenvalue weighted by atomic mass is 32.1. The van der Waals surface area contributed by atoms with Crippen molar-refractivity contribution in [1.82, 2.24) is 9.97 Å². The summed E-state index contributed by atoms with van der Waals surface area (Å²) in [6.45, 7) is 4.02. The third kappa shape index (κ3) is 2.24. The summed E-state index contributed by atoms with van der Waals surface area (Å²) in [5.41, 5.74) is 0.758. The molecule has 0 spiro atoms. The van der Waals surface area contributed by atoms with Gasteiger partial charge in [0.1, 0.15) is 21.9 Å². The largest absolute Gasteiger partial charge is 0.477 e. The SMILES string of the molecule is CCCC1CC1Nc1ncnc2sc(C(=O)O)c(C)c12. The van der Waals surface area contributed by atoms with Crippen molar-refractivity contribution < 1.29 is 9.90 Å². The topological polar surface area (TPSA) is 75.1 Å². The molecule has 0 amide bonds. The molecule has 20 heavy (non-hydrogen) atoms. The van der Waals surface area contributed by atoms with Gasteiger partial charge in [0, 0.05) is 6.04 Å². The second-order valence-electron chi connectivity index (χ2n) is 5.30. The summed E-state index contributed by atoms with van der Waals surface area (Å²) >= 11 is 1.21. The van der Waals surface area contributed by atoms with E-state index in [9.17, 15) is 9.90 Å². The molecule has 5 nitrogen and oxygen atoms in total. The average Bonchev–Trinajstić information content (AvgIpc) is 3.03. The first-order chi connectivity index (χ1) is 9.61. The van der Waals surface area contributed by atoms with Gasteiger partial charge >= 0.3 is 5.97 Å². The zero-order chi connectivity index (χ0) is 14.3. The lowest BCUT2D eigenvalue weighted by molar-refractivity contribution is 0.0701. The lowest BCUT2D eigenvalue weighted by Crippen LogP contribution is -2.07. The van der Waals surface area contributed by atoms with Crippen LogP contribution in [0.4, 0.5) is 5.82 Å². The normalized spacial score (nSPS) is 21.1. The molecule has 0 aliphatic heterocycles. The maximum absolute atomic E-state index is 11.2. The molecule has 1 fully saturated rings. The number of nitrogens with zero attached hydrogens (tertiary/aromatic N) is 2. The van der Waals surface area contributed by atoms with E-state index in [1.165, 1.54) is 36.9 Å². The second kappa shape index (κ2) is 5.01. The Morgan fingerprint density at radius 1 is 1.55 bits per heavy atom. The Kier molecular flexibility index (Phi) is 3.33. The fraction of sp³-hybridized carbons (Fsp3) is 0.500. The lowest BCUT2D eigenvalue weighted by atomic mass is 10.2. The molecule has 2 atom stereocenters. The molecule has 2 heterocycles. The van der Waals surface area contributed by atoms with Crippen LogP contribution < -0.4 is 5.32 Å². The van der Waals surface area contributed by atoms with Crippen LogP contribution in [0.15, 0.2) is 6.33 Å². The lowest BCUT2D eigenvalue weighted by Gasteiger charge is -2.06. The van der Waals surface area contributed by atoms with Gasteiger partial charge in [-0.3, -0.25) is 0 Å². The molecule has 1 aliphatic carbocycles. The monoisotopic (exact) mass is 291 g/mol. The number of carbonyl (C=O) groups is 1. The Hall–Kier alpha value is -1.69. The molecule has 1 aliphatic rings. The minimum atomic E-state index is -0.897. The van der Waals surface area contributed by atoms with Crippen molar-refractivity contribution in [2.45, 2.75) is 39.2 Å². The van der Waals surface area contributed by atoms with Gasteiger partial charge in [-0.15, -0.1) is 11.3 Å². The number of hydrogen-bond donors (Lipinski definition) is 2. The van der Waals surface area contributed by atoms with Gasteiger partial charge in [0.2, 0.25) is 0 Å². The van der Waals surface area contributed by atoms with E-state index >= 15 is 0 Å². The van der Waals surface area contributed by atoms with E-state index in [2.05, 4.69) is 22.2 Å². The summed E-state index contributed by atoms with van der Waals surface area (Å²) in [5, 5.41) is 13.5. The zero-order valence-electron chi connectivity index (χ0n) is 11.5. The second-order valence-corrected chi connectivity index (χ2v) is 6.30. The Labute approximate surface area is 121 Å². The summed E-state index contributed by atoms with van der Waals surface area (Å²) in [6, 6.07) is 0.473. The average molecular weight is 291 g/mol. The number of aromatic carboxylic acids is 1. The highest BCUT2D eigenvalue weighted by Crippen LogP contribution is 2.40. The fourth-order valence-corrected chi connectivity index (χ4v) is 3.66. The summed E-state index contributed by atoms with van der Waals surface area (Å²) in [7, 11) is 0. The predicted octanol–water partition coefficient (Wildman–Crippen LogP) is 3.30. The van der Waals surface area contributed by atoms with Gasteiger partial charge in [-0.05, 0) is 31.2 Å². The van der Waals surface area contributed by atoms with Gasteiger partial charge in [-0.25, -0.2) is 14.8 Å². The van der Waals surface area contributed by atoms with E-state index in [1.54, 1.807) is 0 Å². The maximum Gasteiger partial charge on any atom is 0.346 e. The Balaban J connectivity index is 1.93. The van der Waals surface area contributed by atoms with E-state index in [4.69, 9.17) is 0 Å². The van der Waals surface area contributed by atoms with Gasteiger partial charge in [0.05, 0.1) is 5.39 Å². The number of aryl methyl sites for hydroxylation is 1. The zero-order valence-corrected chi connectivity index (χ0v) is 12.3. The van der Waals surface area contributed by atoms with Crippen LogP contribution in [0.2, 0.25) is 0 Å². The molecule has 6 heteroatoms. The molecular formula is C14H17N3O2S. The van der Waals surface area contributed by atoms with E-state index in [-0.39, 0.29) is 0 Å².